The van der Waals surface area contributed by atoms with Gasteiger partial charge in [-0.1, -0.05) is 11.6 Å². The third kappa shape index (κ3) is 1.43. The molecule has 3 nitrogen and oxygen atoms in total. The molecule has 82 valence electrons. The van der Waals surface area contributed by atoms with E-state index in [-0.39, 0.29) is 0 Å². The highest BCUT2D eigenvalue weighted by Crippen LogP contribution is 2.35. The van der Waals surface area contributed by atoms with Crippen molar-refractivity contribution in [3.05, 3.63) is 34.7 Å². The second-order valence-corrected chi connectivity index (χ2v) is 3.83. The molecular formula is C12H11ClN2O. The van der Waals surface area contributed by atoms with Crippen LogP contribution in [0.15, 0.2) is 22.8 Å². The highest BCUT2D eigenvalue weighted by atomic mass is 35.5. The molecule has 2 aromatic heterocycles. The summed E-state index contributed by atoms with van der Waals surface area (Å²) in [5.41, 5.74) is 2.18. The van der Waals surface area contributed by atoms with E-state index in [1.165, 1.54) is 0 Å². The normalized spacial score (nSPS) is 10.4. The maximum atomic E-state index is 9.05. The van der Waals surface area contributed by atoms with E-state index in [1.807, 2.05) is 24.5 Å². The lowest BCUT2D eigenvalue weighted by atomic mass is 10.2. The van der Waals surface area contributed by atoms with Crippen LogP contribution < -0.4 is 0 Å². The summed E-state index contributed by atoms with van der Waals surface area (Å²) < 4.78 is 7.33. The minimum absolute atomic E-state index is 0.469. The zero-order valence-electron chi connectivity index (χ0n) is 9.12. The first-order valence-corrected chi connectivity index (χ1v) is 5.41. The Balaban J connectivity index is 2.75. The second-order valence-electron chi connectivity index (χ2n) is 3.46. The van der Waals surface area contributed by atoms with Crippen molar-refractivity contribution in [3.63, 3.8) is 0 Å². The first-order valence-electron chi connectivity index (χ1n) is 5.03. The molecule has 0 aromatic carbocycles. The molecule has 16 heavy (non-hydrogen) atoms. The van der Waals surface area contributed by atoms with E-state index in [0.29, 0.717) is 16.3 Å². The molecule has 0 aliphatic heterocycles. The smallest absolute Gasteiger partial charge is 0.151 e. The van der Waals surface area contributed by atoms with Gasteiger partial charge in [-0.2, -0.15) is 5.26 Å². The second kappa shape index (κ2) is 4.07. The van der Waals surface area contributed by atoms with E-state index >= 15 is 0 Å². The highest BCUT2D eigenvalue weighted by molar-refractivity contribution is 6.34. The van der Waals surface area contributed by atoms with E-state index in [2.05, 4.69) is 6.07 Å². The fourth-order valence-corrected chi connectivity index (χ4v) is 2.25. The van der Waals surface area contributed by atoms with Crippen LogP contribution in [0.4, 0.5) is 0 Å². The predicted octanol–water partition coefficient (Wildman–Crippen LogP) is 3.60. The van der Waals surface area contributed by atoms with Gasteiger partial charge >= 0.3 is 0 Å². The summed E-state index contributed by atoms with van der Waals surface area (Å²) in [5, 5.41) is 9.52. The van der Waals surface area contributed by atoms with E-state index in [4.69, 9.17) is 21.3 Å². The average molecular weight is 235 g/mol. The number of halogens is 1. The van der Waals surface area contributed by atoms with Gasteiger partial charge < -0.3 is 8.98 Å². The molecule has 4 heteroatoms. The molecule has 0 unspecified atom stereocenters. The summed E-state index contributed by atoms with van der Waals surface area (Å²) in [5.74, 6) is 0.691. The minimum atomic E-state index is 0.469. The third-order valence-electron chi connectivity index (χ3n) is 2.65. The van der Waals surface area contributed by atoms with Crippen LogP contribution in [0.5, 0.6) is 0 Å². The molecule has 0 bridgehead atoms. The van der Waals surface area contributed by atoms with Crippen molar-refractivity contribution in [2.75, 3.05) is 0 Å². The Labute approximate surface area is 98.9 Å². The summed E-state index contributed by atoms with van der Waals surface area (Å²) in [6.07, 6.45) is 1.60. The van der Waals surface area contributed by atoms with Crippen LogP contribution in [0.25, 0.3) is 11.5 Å². The molecule has 2 heterocycles. The Morgan fingerprint density at radius 3 is 2.81 bits per heavy atom. The Bertz CT molecular complexity index is 547. The third-order valence-corrected chi connectivity index (χ3v) is 3.01. The first-order chi connectivity index (χ1) is 7.70. The summed E-state index contributed by atoms with van der Waals surface area (Å²) in [6, 6.07) is 5.77. The lowest BCUT2D eigenvalue weighted by Crippen LogP contribution is -1.98. The Morgan fingerprint density at radius 1 is 1.56 bits per heavy atom. The van der Waals surface area contributed by atoms with Crippen LogP contribution in [-0.2, 0) is 6.54 Å². The van der Waals surface area contributed by atoms with Crippen LogP contribution in [0.2, 0.25) is 5.02 Å². The average Bonchev–Trinajstić information content (AvgIpc) is 2.85. The standard InChI is InChI=1S/C12H11ClN2O/c1-3-15-8(2)9(7-14)11(13)12(15)10-5-4-6-16-10/h4-6H,3H2,1-2H3. The van der Waals surface area contributed by atoms with Gasteiger partial charge in [0.1, 0.15) is 11.8 Å². The molecule has 2 aromatic rings. The van der Waals surface area contributed by atoms with Crippen molar-refractivity contribution >= 4 is 11.6 Å². The molecule has 0 fully saturated rings. The predicted molar refractivity (Wildman–Crippen MR) is 62.3 cm³/mol. The minimum Gasteiger partial charge on any atom is -0.463 e. The molecule has 0 saturated carbocycles. The Kier molecular flexibility index (Phi) is 2.76. The van der Waals surface area contributed by atoms with Crippen molar-refractivity contribution in [3.8, 4) is 17.5 Å². The van der Waals surface area contributed by atoms with E-state index in [9.17, 15) is 0 Å². The van der Waals surface area contributed by atoms with Gasteiger partial charge in [-0.15, -0.1) is 0 Å². The zero-order chi connectivity index (χ0) is 11.7. The molecule has 0 amide bonds. The lowest BCUT2D eigenvalue weighted by molar-refractivity contribution is 0.572. The molecule has 0 aliphatic rings. The number of furan rings is 1. The summed E-state index contributed by atoms with van der Waals surface area (Å²) >= 11 is 6.20. The molecule has 0 atom stereocenters. The van der Waals surface area contributed by atoms with Gasteiger partial charge in [-0.3, -0.25) is 0 Å². The SMILES string of the molecule is CCn1c(C)c(C#N)c(Cl)c1-c1ccco1. The molecule has 0 saturated heterocycles. The van der Waals surface area contributed by atoms with Gasteiger partial charge in [-0.25, -0.2) is 0 Å². The van der Waals surface area contributed by atoms with Gasteiger partial charge in [0.15, 0.2) is 5.76 Å². The van der Waals surface area contributed by atoms with E-state index in [1.54, 1.807) is 12.3 Å². The van der Waals surface area contributed by atoms with Crippen molar-refractivity contribution in [1.29, 1.82) is 5.26 Å². The topological polar surface area (TPSA) is 41.9 Å². The molecular weight excluding hydrogens is 224 g/mol. The quantitative estimate of drug-likeness (QED) is 0.797. The monoisotopic (exact) mass is 234 g/mol. The zero-order valence-corrected chi connectivity index (χ0v) is 9.88. The maximum absolute atomic E-state index is 9.05. The number of hydrogen-bond donors (Lipinski definition) is 0. The Hall–Kier alpha value is -1.66. The lowest BCUT2D eigenvalue weighted by Gasteiger charge is -2.06. The van der Waals surface area contributed by atoms with Gasteiger partial charge in [0.2, 0.25) is 0 Å². The molecule has 0 radical (unpaired) electrons. The molecule has 2 rings (SSSR count). The molecule has 0 N–H and O–H groups in total. The largest absolute Gasteiger partial charge is 0.463 e. The van der Waals surface area contributed by atoms with Gasteiger partial charge in [0.25, 0.3) is 0 Å². The van der Waals surface area contributed by atoms with Crippen LogP contribution >= 0.6 is 11.6 Å². The van der Waals surface area contributed by atoms with Crippen LogP contribution in [0, 0.1) is 18.3 Å². The highest BCUT2D eigenvalue weighted by Gasteiger charge is 2.20. The number of nitriles is 1. The van der Waals surface area contributed by atoms with Crippen molar-refractivity contribution in [2.24, 2.45) is 0 Å². The summed E-state index contributed by atoms with van der Waals surface area (Å²) in [6.45, 7) is 4.65. The first kappa shape index (κ1) is 10.8. The van der Waals surface area contributed by atoms with E-state index in [0.717, 1.165) is 17.9 Å². The van der Waals surface area contributed by atoms with Gasteiger partial charge in [-0.05, 0) is 26.0 Å². The van der Waals surface area contributed by atoms with Crippen molar-refractivity contribution in [1.82, 2.24) is 4.57 Å². The fourth-order valence-electron chi connectivity index (χ4n) is 1.88. The van der Waals surface area contributed by atoms with Crippen LogP contribution in [0.1, 0.15) is 18.2 Å². The number of hydrogen-bond acceptors (Lipinski definition) is 2. The maximum Gasteiger partial charge on any atom is 0.151 e. The van der Waals surface area contributed by atoms with Crippen LogP contribution in [-0.4, -0.2) is 4.57 Å². The Morgan fingerprint density at radius 2 is 2.31 bits per heavy atom. The van der Waals surface area contributed by atoms with Crippen molar-refractivity contribution < 1.29 is 4.42 Å². The fraction of sp³-hybridized carbons (Fsp3) is 0.250. The summed E-state index contributed by atoms with van der Waals surface area (Å²) in [4.78, 5) is 0. The molecule has 0 aliphatic carbocycles. The van der Waals surface area contributed by atoms with Gasteiger partial charge in [0.05, 0.1) is 16.8 Å². The van der Waals surface area contributed by atoms with Crippen LogP contribution in [0.3, 0.4) is 0 Å². The number of nitrogens with zero attached hydrogens (tertiary/aromatic N) is 2. The van der Waals surface area contributed by atoms with Crippen molar-refractivity contribution in [2.45, 2.75) is 20.4 Å². The molecule has 0 spiro atoms. The van der Waals surface area contributed by atoms with Gasteiger partial charge in [0, 0.05) is 12.2 Å². The number of rotatable bonds is 2. The van der Waals surface area contributed by atoms with E-state index < -0.39 is 0 Å². The summed E-state index contributed by atoms with van der Waals surface area (Å²) in [7, 11) is 0. The number of aromatic nitrogens is 1.